The van der Waals surface area contributed by atoms with Crippen molar-refractivity contribution in [3.63, 3.8) is 0 Å². The lowest BCUT2D eigenvalue weighted by Crippen LogP contribution is -1.85. The Morgan fingerprint density at radius 2 is 1.92 bits per heavy atom. The summed E-state index contributed by atoms with van der Waals surface area (Å²) in [6.45, 7) is 0. The maximum atomic E-state index is 5.09. The molecule has 1 aromatic carbocycles. The van der Waals surface area contributed by atoms with Crippen molar-refractivity contribution in [3.8, 4) is 11.5 Å². The maximum Gasteiger partial charge on any atom is 0.146 e. The monoisotopic (exact) mass is 180 g/mol. The normalized spacial score (nSPS) is 10.4. The molecule has 0 spiro atoms. The van der Waals surface area contributed by atoms with E-state index < -0.39 is 0 Å². The SMILES string of the molecule is CN=Nc1cc(OC)ccc1OC. The molecule has 0 fully saturated rings. The molecule has 0 saturated heterocycles. The number of methoxy groups -OCH3 is 2. The number of hydrogen-bond acceptors (Lipinski definition) is 4. The summed E-state index contributed by atoms with van der Waals surface area (Å²) >= 11 is 0. The van der Waals surface area contributed by atoms with Crippen LogP contribution in [0.15, 0.2) is 28.4 Å². The third kappa shape index (κ3) is 2.18. The van der Waals surface area contributed by atoms with Crippen LogP contribution in [0.2, 0.25) is 0 Å². The number of hydrogen-bond donors (Lipinski definition) is 0. The number of azo groups is 1. The minimum atomic E-state index is 0.671. The zero-order valence-electron chi connectivity index (χ0n) is 7.94. The van der Waals surface area contributed by atoms with Crippen molar-refractivity contribution in [2.24, 2.45) is 10.2 Å². The molecule has 4 nitrogen and oxygen atoms in total. The van der Waals surface area contributed by atoms with E-state index in [1.807, 2.05) is 6.07 Å². The van der Waals surface area contributed by atoms with Gasteiger partial charge in [-0.15, -0.1) is 0 Å². The van der Waals surface area contributed by atoms with Crippen LogP contribution in [0.4, 0.5) is 5.69 Å². The standard InChI is InChI=1S/C9H12N2O2/c1-10-11-8-6-7(12-2)4-5-9(8)13-3/h4-6H,1-3H3. The summed E-state index contributed by atoms with van der Waals surface area (Å²) in [4.78, 5) is 0. The minimum Gasteiger partial charge on any atom is -0.497 e. The van der Waals surface area contributed by atoms with Gasteiger partial charge in [-0.1, -0.05) is 0 Å². The summed E-state index contributed by atoms with van der Waals surface area (Å²) in [6.07, 6.45) is 0. The summed E-state index contributed by atoms with van der Waals surface area (Å²) in [5.41, 5.74) is 0.671. The van der Waals surface area contributed by atoms with E-state index in [1.165, 1.54) is 0 Å². The second-order valence-corrected chi connectivity index (χ2v) is 2.34. The highest BCUT2D eigenvalue weighted by Gasteiger charge is 2.02. The Balaban J connectivity index is 3.09. The Morgan fingerprint density at radius 1 is 1.15 bits per heavy atom. The first-order valence-corrected chi connectivity index (χ1v) is 3.83. The molecule has 1 aromatic rings. The Kier molecular flexibility index (Phi) is 3.25. The lowest BCUT2D eigenvalue weighted by Gasteiger charge is -2.05. The van der Waals surface area contributed by atoms with Gasteiger partial charge in [-0.2, -0.15) is 10.2 Å². The lowest BCUT2D eigenvalue weighted by molar-refractivity contribution is 0.404. The zero-order chi connectivity index (χ0) is 9.68. The van der Waals surface area contributed by atoms with Gasteiger partial charge in [0.1, 0.15) is 17.2 Å². The first-order chi connectivity index (χ1) is 6.31. The van der Waals surface area contributed by atoms with Crippen molar-refractivity contribution in [3.05, 3.63) is 18.2 Å². The number of ether oxygens (including phenoxy) is 2. The van der Waals surface area contributed by atoms with Gasteiger partial charge in [0.15, 0.2) is 0 Å². The summed E-state index contributed by atoms with van der Waals surface area (Å²) in [7, 11) is 4.81. The zero-order valence-corrected chi connectivity index (χ0v) is 7.94. The van der Waals surface area contributed by atoms with E-state index in [4.69, 9.17) is 9.47 Å². The van der Waals surface area contributed by atoms with Gasteiger partial charge in [-0.25, -0.2) is 0 Å². The second kappa shape index (κ2) is 4.45. The minimum absolute atomic E-state index is 0.671. The molecule has 0 aliphatic carbocycles. The van der Waals surface area contributed by atoms with E-state index in [-0.39, 0.29) is 0 Å². The third-order valence-electron chi connectivity index (χ3n) is 1.59. The fourth-order valence-electron chi connectivity index (χ4n) is 0.983. The predicted molar refractivity (Wildman–Crippen MR) is 50.0 cm³/mol. The van der Waals surface area contributed by atoms with Crippen molar-refractivity contribution in [2.45, 2.75) is 0 Å². The summed E-state index contributed by atoms with van der Waals surface area (Å²) in [5.74, 6) is 1.43. The molecule has 4 heteroatoms. The summed E-state index contributed by atoms with van der Waals surface area (Å²) < 4.78 is 10.1. The van der Waals surface area contributed by atoms with Gasteiger partial charge in [-0.3, -0.25) is 0 Å². The van der Waals surface area contributed by atoms with Crippen molar-refractivity contribution in [1.82, 2.24) is 0 Å². The molecule has 1 rings (SSSR count). The molecular weight excluding hydrogens is 168 g/mol. The number of benzene rings is 1. The van der Waals surface area contributed by atoms with Crippen LogP contribution in [0.25, 0.3) is 0 Å². The second-order valence-electron chi connectivity index (χ2n) is 2.34. The summed E-state index contributed by atoms with van der Waals surface area (Å²) in [5, 5.41) is 7.59. The average molecular weight is 180 g/mol. The number of rotatable bonds is 3. The van der Waals surface area contributed by atoms with Gasteiger partial charge in [0.25, 0.3) is 0 Å². The quantitative estimate of drug-likeness (QED) is 0.670. The summed E-state index contributed by atoms with van der Waals surface area (Å²) in [6, 6.07) is 5.38. The molecule has 0 aliphatic heterocycles. The van der Waals surface area contributed by atoms with Crippen molar-refractivity contribution in [2.75, 3.05) is 21.3 Å². The maximum absolute atomic E-state index is 5.09. The van der Waals surface area contributed by atoms with Crippen LogP contribution in [0, 0.1) is 0 Å². The molecule has 70 valence electrons. The van der Waals surface area contributed by atoms with E-state index in [0.29, 0.717) is 11.4 Å². The van der Waals surface area contributed by atoms with Crippen LogP contribution in [0.3, 0.4) is 0 Å². The van der Waals surface area contributed by atoms with Crippen LogP contribution >= 0.6 is 0 Å². The first kappa shape index (κ1) is 9.51. The molecule has 0 bridgehead atoms. The Hall–Kier alpha value is -1.58. The molecule has 0 radical (unpaired) electrons. The van der Waals surface area contributed by atoms with Gasteiger partial charge in [0.05, 0.1) is 14.2 Å². The topological polar surface area (TPSA) is 43.2 Å². The molecule has 0 N–H and O–H groups in total. The molecule has 0 aromatic heterocycles. The van der Waals surface area contributed by atoms with Gasteiger partial charge in [0.2, 0.25) is 0 Å². The van der Waals surface area contributed by atoms with Crippen molar-refractivity contribution >= 4 is 5.69 Å². The fraction of sp³-hybridized carbons (Fsp3) is 0.333. The van der Waals surface area contributed by atoms with E-state index in [9.17, 15) is 0 Å². The van der Waals surface area contributed by atoms with Gasteiger partial charge < -0.3 is 9.47 Å². The van der Waals surface area contributed by atoms with Crippen LogP contribution < -0.4 is 9.47 Å². The number of nitrogens with zero attached hydrogens (tertiary/aromatic N) is 2. The molecule has 13 heavy (non-hydrogen) atoms. The van der Waals surface area contributed by atoms with E-state index in [2.05, 4.69) is 10.2 Å². The molecule has 0 amide bonds. The fourth-order valence-corrected chi connectivity index (χ4v) is 0.983. The largest absolute Gasteiger partial charge is 0.497 e. The van der Waals surface area contributed by atoms with E-state index >= 15 is 0 Å². The molecule has 0 unspecified atom stereocenters. The molecular formula is C9H12N2O2. The molecule has 0 saturated carbocycles. The average Bonchev–Trinajstić information content (AvgIpc) is 2.18. The first-order valence-electron chi connectivity index (χ1n) is 3.83. The van der Waals surface area contributed by atoms with Crippen LogP contribution in [-0.4, -0.2) is 21.3 Å². The van der Waals surface area contributed by atoms with Crippen molar-refractivity contribution < 1.29 is 9.47 Å². The highest BCUT2D eigenvalue weighted by atomic mass is 16.5. The van der Waals surface area contributed by atoms with Gasteiger partial charge >= 0.3 is 0 Å². The smallest absolute Gasteiger partial charge is 0.146 e. The van der Waals surface area contributed by atoms with Crippen LogP contribution in [0.1, 0.15) is 0 Å². The van der Waals surface area contributed by atoms with Crippen molar-refractivity contribution in [1.29, 1.82) is 0 Å². The lowest BCUT2D eigenvalue weighted by atomic mass is 10.3. The Bertz CT molecular complexity index is 310. The van der Waals surface area contributed by atoms with Gasteiger partial charge in [-0.05, 0) is 12.1 Å². The van der Waals surface area contributed by atoms with E-state index in [1.54, 1.807) is 33.4 Å². The Morgan fingerprint density at radius 3 is 2.46 bits per heavy atom. The Labute approximate surface area is 77.2 Å². The molecule has 0 atom stereocenters. The highest BCUT2D eigenvalue weighted by Crippen LogP contribution is 2.31. The third-order valence-corrected chi connectivity index (χ3v) is 1.59. The van der Waals surface area contributed by atoms with Crippen LogP contribution in [0.5, 0.6) is 11.5 Å². The van der Waals surface area contributed by atoms with Crippen LogP contribution in [-0.2, 0) is 0 Å². The predicted octanol–water partition coefficient (Wildman–Crippen LogP) is 2.42. The van der Waals surface area contributed by atoms with Gasteiger partial charge in [0, 0.05) is 13.1 Å². The highest BCUT2D eigenvalue weighted by molar-refractivity contribution is 5.55. The molecule has 0 aliphatic rings. The van der Waals surface area contributed by atoms with E-state index in [0.717, 1.165) is 5.75 Å². The molecule has 0 heterocycles.